The number of rotatable bonds is 6. The van der Waals surface area contributed by atoms with Gasteiger partial charge in [0.2, 0.25) is 0 Å². The third-order valence-corrected chi connectivity index (χ3v) is 5.88. The Kier molecular flexibility index (Phi) is 6.85. The first-order valence-corrected chi connectivity index (χ1v) is 9.61. The van der Waals surface area contributed by atoms with E-state index in [4.69, 9.17) is 46.4 Å². The summed E-state index contributed by atoms with van der Waals surface area (Å²) in [5, 5.41) is 38.7. The van der Waals surface area contributed by atoms with Crippen LogP contribution in [0.25, 0.3) is 0 Å². The molecule has 2 rings (SSSR count). The summed E-state index contributed by atoms with van der Waals surface area (Å²) >= 11 is 23.7. The Morgan fingerprint density at radius 2 is 0.966 bits per heavy atom. The zero-order valence-corrected chi connectivity index (χ0v) is 18.1. The summed E-state index contributed by atoms with van der Waals surface area (Å²) in [5.41, 5.74) is -1.24. The standard InChI is InChI=1S/C19H16Cl4O6/c1-19(2,13(17(26)27)7-3-9(20)15(24)10(21)4-7)14(18(28)29)8-5-11(22)16(25)12(23)6-8/h3-6,13-14,24-25H,1-2H3,(H,26,27)(H,28,29). The molecule has 0 heterocycles. The van der Waals surface area contributed by atoms with Gasteiger partial charge in [-0.1, -0.05) is 60.3 Å². The minimum Gasteiger partial charge on any atom is -0.505 e. The van der Waals surface area contributed by atoms with E-state index in [-0.39, 0.29) is 31.2 Å². The minimum absolute atomic E-state index is 0.109. The van der Waals surface area contributed by atoms with Crippen LogP contribution in [-0.4, -0.2) is 32.4 Å². The van der Waals surface area contributed by atoms with Crippen molar-refractivity contribution in [2.24, 2.45) is 5.41 Å². The fourth-order valence-corrected chi connectivity index (χ4v) is 4.46. The van der Waals surface area contributed by atoms with Crippen molar-refractivity contribution in [2.75, 3.05) is 0 Å². The number of hydrogen-bond donors (Lipinski definition) is 4. The van der Waals surface area contributed by atoms with E-state index in [0.29, 0.717) is 0 Å². The van der Waals surface area contributed by atoms with Gasteiger partial charge in [-0.3, -0.25) is 9.59 Å². The predicted octanol–water partition coefficient (Wildman–Crippen LogP) is 5.77. The van der Waals surface area contributed by atoms with E-state index in [1.165, 1.54) is 38.1 Å². The largest absolute Gasteiger partial charge is 0.505 e. The van der Waals surface area contributed by atoms with Crippen LogP contribution in [0.3, 0.4) is 0 Å². The van der Waals surface area contributed by atoms with Crippen molar-refractivity contribution in [3.05, 3.63) is 55.5 Å². The van der Waals surface area contributed by atoms with Gasteiger partial charge < -0.3 is 20.4 Å². The van der Waals surface area contributed by atoms with Gasteiger partial charge >= 0.3 is 11.9 Å². The molecule has 0 saturated carbocycles. The predicted molar refractivity (Wildman–Crippen MR) is 111 cm³/mol. The molecule has 0 aliphatic heterocycles. The molecular weight excluding hydrogens is 466 g/mol. The van der Waals surface area contributed by atoms with Gasteiger partial charge in [0, 0.05) is 0 Å². The molecule has 0 aromatic heterocycles. The Balaban J connectivity index is 2.71. The fraction of sp³-hybridized carbons (Fsp3) is 0.263. The fourth-order valence-electron chi connectivity index (χ4n) is 3.45. The molecule has 2 atom stereocenters. The number of aliphatic carboxylic acids is 2. The lowest BCUT2D eigenvalue weighted by Gasteiger charge is -2.37. The van der Waals surface area contributed by atoms with Crippen LogP contribution >= 0.6 is 46.4 Å². The maximum Gasteiger partial charge on any atom is 0.311 e. The van der Waals surface area contributed by atoms with Crippen molar-refractivity contribution in [3.63, 3.8) is 0 Å². The summed E-state index contributed by atoms with van der Waals surface area (Å²) in [5.74, 6) is -6.24. The molecule has 0 fully saturated rings. The van der Waals surface area contributed by atoms with Crippen molar-refractivity contribution < 1.29 is 30.0 Å². The lowest BCUT2D eigenvalue weighted by atomic mass is 9.64. The highest BCUT2D eigenvalue weighted by Crippen LogP contribution is 2.50. The topological polar surface area (TPSA) is 115 Å². The molecule has 10 heteroatoms. The van der Waals surface area contributed by atoms with Crippen LogP contribution in [-0.2, 0) is 9.59 Å². The van der Waals surface area contributed by atoms with E-state index in [9.17, 15) is 30.0 Å². The zero-order chi connectivity index (χ0) is 22.3. The first kappa shape index (κ1) is 23.4. The Morgan fingerprint density at radius 3 is 1.17 bits per heavy atom. The number of carbonyl (C=O) groups is 2. The number of carboxylic acids is 2. The van der Waals surface area contributed by atoms with Gasteiger partial charge in [-0.15, -0.1) is 0 Å². The number of halogens is 4. The van der Waals surface area contributed by atoms with Crippen LogP contribution in [0.15, 0.2) is 24.3 Å². The van der Waals surface area contributed by atoms with Gasteiger partial charge in [0.15, 0.2) is 11.5 Å². The summed E-state index contributed by atoms with van der Waals surface area (Å²) in [4.78, 5) is 24.3. The average Bonchev–Trinajstić information content (AvgIpc) is 2.56. The molecule has 156 valence electrons. The molecule has 0 radical (unpaired) electrons. The second-order valence-electron chi connectivity index (χ2n) is 7.03. The molecule has 0 aliphatic carbocycles. The van der Waals surface area contributed by atoms with Crippen molar-refractivity contribution in [1.29, 1.82) is 0 Å². The molecule has 0 saturated heterocycles. The summed E-state index contributed by atoms with van der Waals surface area (Å²) < 4.78 is 0. The van der Waals surface area contributed by atoms with Crippen molar-refractivity contribution in [1.82, 2.24) is 0 Å². The number of phenols is 2. The summed E-state index contributed by atoms with van der Waals surface area (Å²) in [6.07, 6.45) is 0. The van der Waals surface area contributed by atoms with Gasteiger partial charge in [-0.2, -0.15) is 0 Å². The molecule has 0 bridgehead atoms. The number of benzene rings is 2. The van der Waals surface area contributed by atoms with E-state index in [1.807, 2.05) is 0 Å². The minimum atomic E-state index is -1.45. The first-order valence-electron chi connectivity index (χ1n) is 8.10. The average molecular weight is 482 g/mol. The highest BCUT2D eigenvalue weighted by atomic mass is 35.5. The monoisotopic (exact) mass is 480 g/mol. The molecule has 0 spiro atoms. The van der Waals surface area contributed by atoms with Crippen molar-refractivity contribution in [2.45, 2.75) is 25.7 Å². The van der Waals surface area contributed by atoms with Gasteiger partial charge in [0.25, 0.3) is 0 Å². The van der Waals surface area contributed by atoms with Gasteiger partial charge in [-0.05, 0) is 40.8 Å². The highest BCUT2D eigenvalue weighted by Gasteiger charge is 2.47. The lowest BCUT2D eigenvalue weighted by molar-refractivity contribution is -0.146. The summed E-state index contributed by atoms with van der Waals surface area (Å²) in [6.45, 7) is 2.90. The van der Waals surface area contributed by atoms with Crippen molar-refractivity contribution in [3.8, 4) is 11.5 Å². The molecular formula is C19H16Cl4O6. The molecule has 2 aromatic rings. The number of carboxylic acid groups (broad SMARTS) is 2. The van der Waals surface area contributed by atoms with E-state index < -0.39 is 40.7 Å². The van der Waals surface area contributed by atoms with Crippen LogP contribution in [0, 0.1) is 5.41 Å². The third-order valence-electron chi connectivity index (χ3n) is 4.73. The maximum atomic E-state index is 12.2. The van der Waals surface area contributed by atoms with E-state index in [2.05, 4.69) is 0 Å². The Labute approximate surface area is 186 Å². The number of hydrogen-bond acceptors (Lipinski definition) is 4. The van der Waals surface area contributed by atoms with Crippen LogP contribution in [0.2, 0.25) is 20.1 Å². The first-order chi connectivity index (χ1) is 13.3. The molecule has 2 aromatic carbocycles. The summed E-state index contributed by atoms with van der Waals surface area (Å²) in [7, 11) is 0. The molecule has 4 N–H and O–H groups in total. The van der Waals surface area contributed by atoms with E-state index in [1.54, 1.807) is 0 Å². The number of phenolic OH excluding ortho intramolecular Hbond substituents is 2. The SMILES string of the molecule is CC(C)(C(C(=O)O)c1cc(Cl)c(O)c(Cl)c1)C(C(=O)O)c1cc(Cl)c(O)c(Cl)c1. The second-order valence-corrected chi connectivity index (χ2v) is 8.66. The van der Waals surface area contributed by atoms with Crippen LogP contribution in [0.1, 0.15) is 36.8 Å². The van der Waals surface area contributed by atoms with E-state index >= 15 is 0 Å². The van der Waals surface area contributed by atoms with Crippen LogP contribution in [0.4, 0.5) is 0 Å². The highest BCUT2D eigenvalue weighted by molar-refractivity contribution is 6.37. The van der Waals surface area contributed by atoms with Crippen LogP contribution in [0.5, 0.6) is 11.5 Å². The maximum absolute atomic E-state index is 12.2. The van der Waals surface area contributed by atoms with Gasteiger partial charge in [0.1, 0.15) is 0 Å². The quantitative estimate of drug-likeness (QED) is 0.416. The Hall–Kier alpha value is -1.86. The van der Waals surface area contributed by atoms with Gasteiger partial charge in [-0.25, -0.2) is 0 Å². The van der Waals surface area contributed by atoms with Crippen molar-refractivity contribution >= 4 is 58.3 Å². The second kappa shape index (κ2) is 8.48. The van der Waals surface area contributed by atoms with Crippen LogP contribution < -0.4 is 0 Å². The zero-order valence-electron chi connectivity index (χ0n) is 15.1. The van der Waals surface area contributed by atoms with Gasteiger partial charge in [0.05, 0.1) is 31.9 Å². The number of aromatic hydroxyl groups is 2. The third kappa shape index (κ3) is 4.51. The Bertz CT molecular complexity index is 865. The Morgan fingerprint density at radius 1 is 0.724 bits per heavy atom. The molecule has 0 aliphatic rings. The lowest BCUT2D eigenvalue weighted by Crippen LogP contribution is -2.38. The molecule has 2 unspecified atom stereocenters. The smallest absolute Gasteiger partial charge is 0.311 e. The van der Waals surface area contributed by atoms with E-state index in [0.717, 1.165) is 0 Å². The molecule has 0 amide bonds. The normalized spacial score (nSPS) is 13.7. The summed E-state index contributed by atoms with van der Waals surface area (Å²) in [6, 6.07) is 4.88. The molecule has 29 heavy (non-hydrogen) atoms. The molecule has 6 nitrogen and oxygen atoms in total.